The lowest BCUT2D eigenvalue weighted by atomic mass is 10.6. The number of rotatable bonds is 34. The summed E-state index contributed by atoms with van der Waals surface area (Å²) in [7, 11) is -0.783. The number of ether oxygens (including phenoxy) is 10. The van der Waals surface area contributed by atoms with Crippen molar-refractivity contribution in [3.63, 3.8) is 0 Å². The van der Waals surface area contributed by atoms with E-state index in [4.69, 9.17) is 47.4 Å². The first kappa shape index (κ1) is 69.5. The minimum absolute atomic E-state index is 0.823. The van der Waals surface area contributed by atoms with Gasteiger partial charge in [0.1, 0.15) is 0 Å². The zero-order valence-electron chi connectivity index (χ0n) is 36.5. The van der Waals surface area contributed by atoms with E-state index in [2.05, 4.69) is 35.2 Å². The maximum Gasteiger partial charge on any atom is 0.275 e. The largest absolute Gasteiger partial charge is 0.790 e. The molecule has 0 saturated heterocycles. The Morgan fingerprint density at radius 2 is 0.414 bits per heavy atom. The van der Waals surface area contributed by atoms with Gasteiger partial charge in [-0.05, 0) is 0 Å². The molecule has 0 aliphatic rings. The predicted octanol–water partition coefficient (Wildman–Crippen LogP) is -9.64. The van der Waals surface area contributed by atoms with Crippen molar-refractivity contribution in [3.8, 4) is 0 Å². The van der Waals surface area contributed by atoms with E-state index in [1.54, 1.807) is 71.1 Å². The highest BCUT2D eigenvalue weighted by molar-refractivity contribution is 7.64. The molecule has 28 heteroatoms. The first-order chi connectivity index (χ1) is 27.5. The molecule has 360 valence electrons. The third-order valence-corrected chi connectivity index (χ3v) is 8.86. The van der Waals surface area contributed by atoms with Crippen molar-refractivity contribution in [3.05, 3.63) is 0 Å². The summed E-state index contributed by atoms with van der Waals surface area (Å²) < 4.78 is 83.2. The van der Waals surface area contributed by atoms with Crippen LogP contribution in [0, 0.1) is 0 Å². The Hall–Kier alpha value is -0.190. The Bertz CT molecular complexity index is 733. The highest BCUT2D eigenvalue weighted by Crippen LogP contribution is 2.57. The van der Waals surface area contributed by atoms with Gasteiger partial charge < -0.3 is 108 Å². The molecule has 0 fully saturated rings. The molecule has 0 saturated carbocycles. The summed E-state index contributed by atoms with van der Waals surface area (Å²) in [6, 6.07) is 0. The number of phosphoric acid groups is 3. The van der Waals surface area contributed by atoms with Crippen LogP contribution in [0.3, 0.4) is 0 Å². The SMILES string of the molecule is COCC[NH2+]CCOC.COCC[NH2+]CCOC.COCC[NH2+]CCOC.COCC[NH2+]CCOC.COCC[NH2+]CCOC.O=P([O-])([O-])OP(=O)([O-])OP(=O)([O-])[O-]. The molecule has 0 unspecified atom stereocenters. The van der Waals surface area contributed by atoms with E-state index in [9.17, 15) is 38.2 Å². The second kappa shape index (κ2) is 58.9. The minimum Gasteiger partial charge on any atom is -0.790 e. The van der Waals surface area contributed by atoms with Gasteiger partial charge >= 0.3 is 0 Å². The summed E-state index contributed by atoms with van der Waals surface area (Å²) in [4.78, 5) is 48.6. The Kier molecular flexibility index (Phi) is 70.6. The van der Waals surface area contributed by atoms with Crippen LogP contribution in [0.1, 0.15) is 0 Å². The van der Waals surface area contributed by atoms with Gasteiger partial charge in [-0.15, -0.1) is 0 Å². The average molecular weight is 924 g/mol. The monoisotopic (exact) mass is 923 g/mol. The first-order valence-corrected chi connectivity index (χ1v) is 22.6. The number of nitrogens with two attached hydrogens (primary N) is 5. The topological polar surface area (TPSA) is 360 Å². The molecule has 0 bridgehead atoms. The second-order valence-corrected chi connectivity index (χ2v) is 14.8. The molecule has 0 aromatic heterocycles. The molecule has 0 rings (SSSR count). The highest BCUT2D eigenvalue weighted by Gasteiger charge is 2.13. The van der Waals surface area contributed by atoms with Gasteiger partial charge in [0.15, 0.2) is 0 Å². The van der Waals surface area contributed by atoms with Crippen LogP contribution in [0.15, 0.2) is 0 Å². The van der Waals surface area contributed by atoms with Crippen LogP contribution in [0.5, 0.6) is 0 Å². The molecular weight excluding hydrogens is 843 g/mol. The van der Waals surface area contributed by atoms with Crippen molar-refractivity contribution in [1.29, 1.82) is 0 Å². The van der Waals surface area contributed by atoms with E-state index in [0.717, 1.165) is 132 Å². The van der Waals surface area contributed by atoms with Gasteiger partial charge in [-0.25, -0.2) is 0 Å². The van der Waals surface area contributed by atoms with Crippen LogP contribution in [0.4, 0.5) is 0 Å². The van der Waals surface area contributed by atoms with Crippen molar-refractivity contribution in [2.45, 2.75) is 0 Å². The Morgan fingerprint density at radius 1 is 0.293 bits per heavy atom. The highest BCUT2D eigenvalue weighted by atomic mass is 31.3. The van der Waals surface area contributed by atoms with Gasteiger partial charge in [-0.3, -0.25) is 13.2 Å². The fraction of sp³-hybridized carbons (Fsp3) is 1.00. The zero-order valence-corrected chi connectivity index (χ0v) is 39.2. The molecule has 0 spiro atoms. The number of hydrogen-bond donors (Lipinski definition) is 5. The van der Waals surface area contributed by atoms with Gasteiger partial charge in [0, 0.05) is 71.1 Å². The molecular formula is C30H80N5O20P3. The van der Waals surface area contributed by atoms with E-state index >= 15 is 0 Å². The van der Waals surface area contributed by atoms with Gasteiger partial charge in [-0.2, -0.15) is 0 Å². The van der Waals surface area contributed by atoms with Crippen LogP contribution in [-0.2, 0) is 69.7 Å². The lowest BCUT2D eigenvalue weighted by molar-refractivity contribution is -0.657. The molecule has 0 aromatic rings. The zero-order chi connectivity index (χ0) is 45.7. The Balaban J connectivity index is -0.000000141. The van der Waals surface area contributed by atoms with E-state index in [-0.39, 0.29) is 0 Å². The molecule has 0 aromatic carbocycles. The van der Waals surface area contributed by atoms with Gasteiger partial charge in [0.25, 0.3) is 7.82 Å². The van der Waals surface area contributed by atoms with Gasteiger partial charge in [-0.1, -0.05) is 0 Å². The smallest absolute Gasteiger partial charge is 0.275 e. The third-order valence-electron chi connectivity index (χ3n) is 5.66. The van der Waals surface area contributed by atoms with Crippen LogP contribution in [-0.4, -0.2) is 203 Å². The maximum atomic E-state index is 10.1. The van der Waals surface area contributed by atoms with E-state index in [1.165, 1.54) is 0 Å². The molecule has 0 aliphatic carbocycles. The molecule has 0 heterocycles. The summed E-state index contributed by atoms with van der Waals surface area (Å²) in [5, 5.41) is 10.9. The fourth-order valence-electron chi connectivity index (χ4n) is 2.99. The lowest BCUT2D eigenvalue weighted by Crippen LogP contribution is -2.86. The molecule has 25 nitrogen and oxygen atoms in total. The van der Waals surface area contributed by atoms with Crippen LogP contribution in [0.2, 0.25) is 0 Å². The molecule has 0 amide bonds. The minimum atomic E-state index is -5.97. The standard InChI is InChI=1S/5C6H15NO2.H5O10P3/c5*1-8-5-3-7-4-6-9-2;1-11(2,3)9-13(7,8)10-12(4,5)6/h5*7H,3-6H2,1-2H3;(H,7,8)(H2,1,2,3)(H2,4,5,6). The van der Waals surface area contributed by atoms with Crippen molar-refractivity contribution in [1.82, 2.24) is 0 Å². The first-order valence-electron chi connectivity index (χ1n) is 18.2. The van der Waals surface area contributed by atoms with Crippen molar-refractivity contribution >= 4 is 23.5 Å². The van der Waals surface area contributed by atoms with E-state index in [0.29, 0.717) is 0 Å². The van der Waals surface area contributed by atoms with Gasteiger partial charge in [0.2, 0.25) is 0 Å². The third kappa shape index (κ3) is 95.9. The summed E-state index contributed by atoms with van der Waals surface area (Å²) in [5.74, 6) is 0. The van der Waals surface area contributed by atoms with Crippen LogP contribution in [0.25, 0.3) is 0 Å². The molecule has 0 aliphatic heterocycles. The van der Waals surface area contributed by atoms with Crippen LogP contribution >= 0.6 is 23.5 Å². The van der Waals surface area contributed by atoms with E-state index < -0.39 is 23.5 Å². The Morgan fingerprint density at radius 3 is 0.500 bits per heavy atom. The van der Waals surface area contributed by atoms with Gasteiger partial charge in [0.05, 0.1) is 147 Å². The quantitative estimate of drug-likeness (QED) is 0.0295. The lowest BCUT2D eigenvalue weighted by Gasteiger charge is -2.40. The van der Waals surface area contributed by atoms with E-state index in [1.807, 2.05) is 0 Å². The summed E-state index contributed by atoms with van der Waals surface area (Å²) in [5.41, 5.74) is 0. The summed E-state index contributed by atoms with van der Waals surface area (Å²) in [6.45, 7) is 18.5. The fourth-order valence-corrected chi connectivity index (χ4v) is 5.34. The molecule has 10 N–H and O–H groups in total. The van der Waals surface area contributed by atoms with Crippen molar-refractivity contribution < 1.29 is 121 Å². The number of methoxy groups -OCH3 is 10. The molecule has 0 atom stereocenters. The predicted molar refractivity (Wildman–Crippen MR) is 202 cm³/mol. The van der Waals surface area contributed by atoms with Crippen molar-refractivity contribution in [2.24, 2.45) is 0 Å². The Labute approximate surface area is 346 Å². The molecule has 0 radical (unpaired) electrons. The summed E-state index contributed by atoms with van der Waals surface area (Å²) in [6.07, 6.45) is 0. The van der Waals surface area contributed by atoms with Crippen LogP contribution < -0.4 is 51.1 Å². The maximum absolute atomic E-state index is 10.1. The molecule has 58 heavy (non-hydrogen) atoms. The van der Waals surface area contributed by atoms with Crippen molar-refractivity contribution in [2.75, 3.05) is 203 Å². The summed E-state index contributed by atoms with van der Waals surface area (Å²) >= 11 is 0. The average Bonchev–Trinajstić information content (AvgIpc) is 3.14. The second-order valence-electron chi connectivity index (χ2n) is 10.8. The number of quaternary nitrogens is 5. The normalized spacial score (nSPS) is 11.0. The number of hydrogen-bond acceptors (Lipinski definition) is 20.